The minimum absolute atomic E-state index is 0.131. The molecule has 0 spiro atoms. The van der Waals surface area contributed by atoms with Crippen LogP contribution in [0.25, 0.3) is 0 Å². The highest BCUT2D eigenvalue weighted by molar-refractivity contribution is 6.30. The van der Waals surface area contributed by atoms with Crippen molar-refractivity contribution >= 4 is 29.0 Å². The molecule has 1 rings (SSSR count). The van der Waals surface area contributed by atoms with Crippen LogP contribution in [0.15, 0.2) is 53.8 Å². The van der Waals surface area contributed by atoms with E-state index in [1.807, 2.05) is 0 Å². The van der Waals surface area contributed by atoms with Crippen molar-refractivity contribution in [3.05, 3.63) is 53.8 Å². The molecule has 0 heterocycles. The van der Waals surface area contributed by atoms with Crippen molar-refractivity contribution in [3.63, 3.8) is 0 Å². The van der Waals surface area contributed by atoms with E-state index in [4.69, 9.17) is 11.6 Å². The van der Waals surface area contributed by atoms with Crippen LogP contribution in [0.1, 0.15) is 27.7 Å². The zero-order valence-corrected chi connectivity index (χ0v) is 17.9. The molecule has 0 aliphatic carbocycles. The molecule has 0 atom stereocenters. The van der Waals surface area contributed by atoms with Gasteiger partial charge < -0.3 is 9.80 Å². The fraction of sp³-hybridized carbons (Fsp3) is 0.429. The lowest BCUT2D eigenvalue weighted by molar-refractivity contribution is -0.115. The Morgan fingerprint density at radius 3 is 2.15 bits per heavy atom. The summed E-state index contributed by atoms with van der Waals surface area (Å²) < 4.78 is 0. The minimum Gasteiger partial charge on any atom is -0.369 e. The van der Waals surface area contributed by atoms with E-state index in [-0.39, 0.29) is 5.91 Å². The first-order valence-electron chi connectivity index (χ1n) is 9.14. The van der Waals surface area contributed by atoms with Gasteiger partial charge in [-0.1, -0.05) is 31.7 Å². The van der Waals surface area contributed by atoms with Gasteiger partial charge in [-0.05, 0) is 51.7 Å². The van der Waals surface area contributed by atoms with Crippen molar-refractivity contribution in [2.45, 2.75) is 27.7 Å². The average molecular weight is 391 g/mol. The van der Waals surface area contributed by atoms with E-state index in [1.54, 1.807) is 31.2 Å². The highest BCUT2D eigenvalue weighted by atomic mass is 35.5. The Balaban J connectivity index is 2.96. The summed E-state index contributed by atoms with van der Waals surface area (Å²) in [4.78, 5) is 22.6. The number of benzene rings is 1. The Kier molecular flexibility index (Phi) is 9.26. The largest absolute Gasteiger partial charge is 0.369 e. The van der Waals surface area contributed by atoms with Gasteiger partial charge in [-0.3, -0.25) is 9.69 Å². The van der Waals surface area contributed by atoms with Crippen molar-refractivity contribution in [2.75, 3.05) is 38.1 Å². The first kappa shape index (κ1) is 22.9. The molecule has 5 nitrogen and oxygen atoms in total. The normalized spacial score (nSPS) is 11.4. The Bertz CT molecular complexity index is 697. The van der Waals surface area contributed by atoms with E-state index in [0.29, 0.717) is 22.2 Å². The smallest absolute Gasteiger partial charge is 0.229 e. The van der Waals surface area contributed by atoms with E-state index in [2.05, 4.69) is 48.8 Å². The second-order valence-corrected chi connectivity index (χ2v) is 6.80. The van der Waals surface area contributed by atoms with Crippen molar-refractivity contribution in [1.29, 1.82) is 0 Å². The third-order valence-electron chi connectivity index (χ3n) is 4.41. The molecular weight excluding hydrogens is 360 g/mol. The maximum atomic E-state index is 12.2. The molecule has 148 valence electrons. The SMILES string of the molecule is C=C(N=C(C)N(C(C)=O)c1ccc(Cl)cc1)C(=C)N(CC)CCN(C)CC. The molecule has 27 heavy (non-hydrogen) atoms. The van der Waals surface area contributed by atoms with Crippen LogP contribution in [0.2, 0.25) is 5.02 Å². The molecule has 0 fully saturated rings. The molecule has 0 bridgehead atoms. The predicted octanol–water partition coefficient (Wildman–Crippen LogP) is 4.41. The number of likely N-dealkylation sites (N-methyl/N-ethyl adjacent to an activating group) is 2. The van der Waals surface area contributed by atoms with Gasteiger partial charge in [-0.15, -0.1) is 0 Å². The van der Waals surface area contributed by atoms with Crippen LogP contribution >= 0.6 is 11.6 Å². The highest BCUT2D eigenvalue weighted by Crippen LogP contribution is 2.20. The molecule has 0 saturated heterocycles. The molecule has 0 aromatic heterocycles. The van der Waals surface area contributed by atoms with E-state index in [0.717, 1.165) is 31.9 Å². The second-order valence-electron chi connectivity index (χ2n) is 6.36. The Labute approximate surface area is 168 Å². The van der Waals surface area contributed by atoms with E-state index >= 15 is 0 Å². The average Bonchev–Trinajstić information content (AvgIpc) is 2.63. The molecule has 1 aromatic rings. The molecule has 0 N–H and O–H groups in total. The number of amidine groups is 1. The van der Waals surface area contributed by atoms with Gasteiger partial charge in [0.2, 0.25) is 5.91 Å². The summed E-state index contributed by atoms with van der Waals surface area (Å²) in [7, 11) is 2.09. The molecule has 1 aromatic carbocycles. The Morgan fingerprint density at radius 2 is 1.67 bits per heavy atom. The first-order valence-corrected chi connectivity index (χ1v) is 9.52. The van der Waals surface area contributed by atoms with Gasteiger partial charge in [0.1, 0.15) is 5.84 Å². The molecule has 0 saturated carbocycles. The van der Waals surface area contributed by atoms with Gasteiger partial charge in [-0.2, -0.15) is 0 Å². The van der Waals surface area contributed by atoms with Gasteiger partial charge >= 0.3 is 0 Å². The van der Waals surface area contributed by atoms with Crippen molar-refractivity contribution in [2.24, 2.45) is 4.99 Å². The van der Waals surface area contributed by atoms with Gasteiger partial charge in [0, 0.05) is 31.6 Å². The maximum Gasteiger partial charge on any atom is 0.229 e. The number of nitrogens with zero attached hydrogens (tertiary/aromatic N) is 4. The maximum absolute atomic E-state index is 12.2. The van der Waals surface area contributed by atoms with Gasteiger partial charge in [0.15, 0.2) is 0 Å². The number of aliphatic imine (C=N–C) groups is 1. The number of amides is 1. The van der Waals surface area contributed by atoms with Gasteiger partial charge in [-0.25, -0.2) is 4.99 Å². The van der Waals surface area contributed by atoms with Gasteiger partial charge in [0.05, 0.1) is 17.1 Å². The quantitative estimate of drug-likeness (QED) is 0.356. The highest BCUT2D eigenvalue weighted by Gasteiger charge is 2.16. The van der Waals surface area contributed by atoms with E-state index in [1.165, 1.54) is 11.8 Å². The first-order chi connectivity index (χ1) is 12.7. The fourth-order valence-corrected chi connectivity index (χ4v) is 2.74. The lowest BCUT2D eigenvalue weighted by Crippen LogP contribution is -2.34. The zero-order chi connectivity index (χ0) is 20.6. The van der Waals surface area contributed by atoms with E-state index in [9.17, 15) is 4.79 Å². The molecule has 0 aliphatic rings. The van der Waals surface area contributed by atoms with Crippen LogP contribution in [-0.4, -0.2) is 54.8 Å². The predicted molar refractivity (Wildman–Crippen MR) is 116 cm³/mol. The molecule has 0 radical (unpaired) electrons. The second kappa shape index (κ2) is 10.9. The van der Waals surface area contributed by atoms with Crippen molar-refractivity contribution in [1.82, 2.24) is 9.80 Å². The zero-order valence-electron chi connectivity index (χ0n) is 17.1. The standard InChI is InChI=1S/C21H31ClN4O/c1-8-24(7)14-15-25(9-2)17(4)16(3)23-18(5)26(19(6)27)21-12-10-20(22)11-13-21/h10-13H,3-4,8-9,14-15H2,1-2,5-7H3. The molecule has 6 heteroatoms. The van der Waals surface area contributed by atoms with E-state index < -0.39 is 0 Å². The third-order valence-corrected chi connectivity index (χ3v) is 4.66. The van der Waals surface area contributed by atoms with Crippen LogP contribution in [0.4, 0.5) is 5.69 Å². The number of rotatable bonds is 9. The Morgan fingerprint density at radius 1 is 1.07 bits per heavy atom. The van der Waals surface area contributed by atoms with Crippen molar-refractivity contribution in [3.8, 4) is 0 Å². The summed E-state index contributed by atoms with van der Waals surface area (Å²) in [5.41, 5.74) is 2.03. The summed E-state index contributed by atoms with van der Waals surface area (Å²) in [6.45, 7) is 19.3. The number of hydrogen-bond acceptors (Lipinski definition) is 4. The molecule has 0 aliphatic heterocycles. The fourth-order valence-electron chi connectivity index (χ4n) is 2.61. The number of carbonyl (C=O) groups excluding carboxylic acids is 1. The van der Waals surface area contributed by atoms with Crippen LogP contribution in [0.3, 0.4) is 0 Å². The van der Waals surface area contributed by atoms with Crippen LogP contribution in [-0.2, 0) is 4.79 Å². The van der Waals surface area contributed by atoms with Crippen molar-refractivity contribution < 1.29 is 4.79 Å². The molecular formula is C21H31ClN4O. The topological polar surface area (TPSA) is 39.2 Å². The third kappa shape index (κ3) is 6.85. The summed E-state index contributed by atoms with van der Waals surface area (Å²) in [6, 6.07) is 7.08. The van der Waals surface area contributed by atoms with Crippen LogP contribution in [0, 0.1) is 0 Å². The van der Waals surface area contributed by atoms with Gasteiger partial charge in [0.25, 0.3) is 0 Å². The number of carbonyl (C=O) groups is 1. The molecule has 0 unspecified atom stereocenters. The van der Waals surface area contributed by atoms with Crippen LogP contribution in [0.5, 0.6) is 0 Å². The van der Waals surface area contributed by atoms with Crippen LogP contribution < -0.4 is 4.90 Å². The number of hydrogen-bond donors (Lipinski definition) is 0. The summed E-state index contributed by atoms with van der Waals surface area (Å²) in [6.07, 6.45) is 0. The molecule has 1 amide bonds. The summed E-state index contributed by atoms with van der Waals surface area (Å²) >= 11 is 5.95. The lowest BCUT2D eigenvalue weighted by atomic mass is 10.2. The monoisotopic (exact) mass is 390 g/mol. The number of halogens is 1. The summed E-state index contributed by atoms with van der Waals surface area (Å²) in [5, 5.41) is 0.616. The Hall–Kier alpha value is -2.11. The minimum atomic E-state index is -0.131. The lowest BCUT2D eigenvalue weighted by Gasteiger charge is -2.28. The number of anilines is 1. The summed E-state index contributed by atoms with van der Waals surface area (Å²) in [5.74, 6) is 0.409.